The lowest BCUT2D eigenvalue weighted by molar-refractivity contribution is -0.121. The van der Waals surface area contributed by atoms with Gasteiger partial charge in [0.2, 0.25) is 5.91 Å². The van der Waals surface area contributed by atoms with Crippen LogP contribution < -0.4 is 15.4 Å². The van der Waals surface area contributed by atoms with Crippen molar-refractivity contribution in [3.8, 4) is 5.75 Å². The van der Waals surface area contributed by atoms with Crippen LogP contribution in [0.4, 0.5) is 5.69 Å². The zero-order valence-corrected chi connectivity index (χ0v) is 13.9. The Balaban J connectivity index is 1.36. The van der Waals surface area contributed by atoms with Gasteiger partial charge < -0.3 is 15.4 Å². The Hall–Kier alpha value is -2.08. The molecule has 3 aliphatic rings. The summed E-state index contributed by atoms with van der Waals surface area (Å²) in [5.41, 5.74) is 1.52. The Morgan fingerprint density at radius 2 is 2.21 bits per heavy atom. The van der Waals surface area contributed by atoms with Gasteiger partial charge in [0, 0.05) is 25.2 Å². The third kappa shape index (κ3) is 3.24. The van der Waals surface area contributed by atoms with Crippen molar-refractivity contribution in [1.29, 1.82) is 0 Å². The van der Waals surface area contributed by atoms with Crippen molar-refractivity contribution in [2.75, 3.05) is 25.0 Å². The number of fused-ring (bicyclic) bond motifs is 1. The maximum Gasteiger partial charge on any atom is 0.262 e. The first-order chi connectivity index (χ1) is 11.6. The fourth-order valence-corrected chi connectivity index (χ4v) is 3.61. The molecule has 0 spiro atoms. The molecule has 128 valence electrons. The summed E-state index contributed by atoms with van der Waals surface area (Å²) >= 11 is 0. The molecule has 2 heterocycles. The van der Waals surface area contributed by atoms with Crippen molar-refractivity contribution in [3.05, 3.63) is 23.8 Å². The molecule has 6 heteroatoms. The van der Waals surface area contributed by atoms with E-state index in [1.54, 1.807) is 0 Å². The van der Waals surface area contributed by atoms with E-state index in [-0.39, 0.29) is 24.5 Å². The smallest absolute Gasteiger partial charge is 0.262 e. The maximum absolute atomic E-state index is 12.4. The Kier molecular flexibility index (Phi) is 3.92. The predicted octanol–water partition coefficient (Wildman–Crippen LogP) is 1.16. The summed E-state index contributed by atoms with van der Waals surface area (Å²) < 4.78 is 5.34. The molecule has 2 fully saturated rings. The van der Waals surface area contributed by atoms with E-state index in [0.717, 1.165) is 24.7 Å². The van der Waals surface area contributed by atoms with Crippen molar-refractivity contribution in [2.24, 2.45) is 5.92 Å². The summed E-state index contributed by atoms with van der Waals surface area (Å²) in [6.07, 6.45) is 2.92. The van der Waals surface area contributed by atoms with Crippen molar-refractivity contribution in [3.63, 3.8) is 0 Å². The first-order valence-corrected chi connectivity index (χ1v) is 8.67. The topological polar surface area (TPSA) is 70.7 Å². The van der Waals surface area contributed by atoms with Gasteiger partial charge in [0.05, 0.1) is 12.1 Å². The number of anilines is 1. The van der Waals surface area contributed by atoms with Crippen LogP contribution in [0.1, 0.15) is 25.3 Å². The summed E-state index contributed by atoms with van der Waals surface area (Å²) in [6, 6.07) is 6.49. The number of nitrogens with zero attached hydrogens (tertiary/aromatic N) is 1. The molecule has 6 nitrogen and oxygen atoms in total. The minimum Gasteiger partial charge on any atom is -0.482 e. The van der Waals surface area contributed by atoms with Crippen LogP contribution in [0.3, 0.4) is 0 Å². The van der Waals surface area contributed by atoms with Gasteiger partial charge in [-0.25, -0.2) is 0 Å². The number of amides is 2. The fraction of sp³-hybridized carbons (Fsp3) is 0.556. The highest BCUT2D eigenvalue weighted by Gasteiger charge is 2.38. The Bertz CT molecular complexity index is 671. The molecule has 1 aromatic rings. The van der Waals surface area contributed by atoms with Gasteiger partial charge in [0.1, 0.15) is 5.75 Å². The fourth-order valence-electron chi connectivity index (χ4n) is 3.61. The third-order valence-electron chi connectivity index (χ3n) is 5.09. The second-order valence-corrected chi connectivity index (χ2v) is 7.18. The minimum atomic E-state index is -0.163. The number of rotatable bonds is 4. The molecule has 0 bridgehead atoms. The molecule has 2 atom stereocenters. The van der Waals surface area contributed by atoms with Gasteiger partial charge in [-0.15, -0.1) is 0 Å². The average Bonchev–Trinajstić information content (AvgIpc) is 3.32. The normalized spacial score (nSPS) is 26.5. The first-order valence-electron chi connectivity index (χ1n) is 8.67. The molecule has 2 aliphatic heterocycles. The van der Waals surface area contributed by atoms with E-state index in [2.05, 4.69) is 22.5 Å². The van der Waals surface area contributed by atoms with Crippen LogP contribution in [0, 0.1) is 5.92 Å². The van der Waals surface area contributed by atoms with Crippen LogP contribution in [-0.4, -0.2) is 48.5 Å². The van der Waals surface area contributed by atoms with Crippen molar-refractivity contribution in [2.45, 2.75) is 38.3 Å². The standard InChI is InChI=1S/C18H23N3O3/c1-11-8-21(13-3-4-13)9-15(11)20-17(22)7-12-2-5-16-14(6-12)19-18(23)10-24-16/h2,5-6,11,13,15H,3-4,7-10H2,1H3,(H,19,23)(H,20,22)/t11-,15-/m1/s1. The molecule has 0 radical (unpaired) electrons. The van der Waals surface area contributed by atoms with E-state index in [1.807, 2.05) is 18.2 Å². The number of likely N-dealkylation sites (tertiary alicyclic amines) is 1. The number of hydrogen-bond acceptors (Lipinski definition) is 4. The van der Waals surface area contributed by atoms with E-state index in [4.69, 9.17) is 4.74 Å². The van der Waals surface area contributed by atoms with Gasteiger partial charge in [0.25, 0.3) is 5.91 Å². The van der Waals surface area contributed by atoms with E-state index in [0.29, 0.717) is 23.8 Å². The van der Waals surface area contributed by atoms with Gasteiger partial charge in [0.15, 0.2) is 6.61 Å². The highest BCUT2D eigenvalue weighted by Crippen LogP contribution is 2.32. The first kappa shape index (κ1) is 15.4. The molecular formula is C18H23N3O3. The third-order valence-corrected chi connectivity index (χ3v) is 5.09. The SMILES string of the molecule is C[C@@H]1CN(C2CC2)C[C@H]1NC(=O)Cc1ccc2c(c1)NC(=O)CO2. The molecule has 2 N–H and O–H groups in total. The van der Waals surface area contributed by atoms with Crippen molar-refractivity contribution < 1.29 is 14.3 Å². The number of carbonyl (C=O) groups excluding carboxylic acids is 2. The van der Waals surface area contributed by atoms with E-state index < -0.39 is 0 Å². The highest BCUT2D eigenvalue weighted by atomic mass is 16.5. The predicted molar refractivity (Wildman–Crippen MR) is 90.0 cm³/mol. The average molecular weight is 329 g/mol. The molecule has 24 heavy (non-hydrogen) atoms. The Morgan fingerprint density at radius 1 is 1.38 bits per heavy atom. The van der Waals surface area contributed by atoms with E-state index in [1.165, 1.54) is 12.8 Å². The van der Waals surface area contributed by atoms with Crippen molar-refractivity contribution in [1.82, 2.24) is 10.2 Å². The monoisotopic (exact) mass is 329 g/mol. The number of benzene rings is 1. The molecule has 1 aromatic carbocycles. The molecule has 1 saturated carbocycles. The van der Waals surface area contributed by atoms with E-state index in [9.17, 15) is 9.59 Å². The molecule has 0 unspecified atom stereocenters. The maximum atomic E-state index is 12.4. The van der Waals surface area contributed by atoms with E-state index >= 15 is 0 Å². The van der Waals surface area contributed by atoms with Crippen molar-refractivity contribution >= 4 is 17.5 Å². The zero-order chi connectivity index (χ0) is 16.7. The van der Waals surface area contributed by atoms with Gasteiger partial charge in [-0.1, -0.05) is 13.0 Å². The van der Waals surface area contributed by atoms with Crippen LogP contribution in [0.25, 0.3) is 0 Å². The van der Waals surface area contributed by atoms with Gasteiger partial charge in [-0.05, 0) is 36.5 Å². The molecular weight excluding hydrogens is 306 g/mol. The molecule has 2 amide bonds. The minimum absolute atomic E-state index is 0.0347. The summed E-state index contributed by atoms with van der Waals surface area (Å²) in [4.78, 5) is 26.3. The second-order valence-electron chi connectivity index (χ2n) is 7.18. The second kappa shape index (κ2) is 6.09. The Morgan fingerprint density at radius 3 is 3.00 bits per heavy atom. The van der Waals surface area contributed by atoms with Gasteiger partial charge >= 0.3 is 0 Å². The summed E-state index contributed by atoms with van der Waals surface area (Å²) in [5, 5.41) is 5.96. The number of hydrogen-bond donors (Lipinski definition) is 2. The van der Waals surface area contributed by atoms with Crippen LogP contribution in [0.5, 0.6) is 5.75 Å². The van der Waals surface area contributed by atoms with Crippen LogP contribution >= 0.6 is 0 Å². The van der Waals surface area contributed by atoms with Crippen LogP contribution in [-0.2, 0) is 16.0 Å². The largest absolute Gasteiger partial charge is 0.482 e. The lowest BCUT2D eigenvalue weighted by atomic mass is 10.1. The number of nitrogens with one attached hydrogen (secondary N) is 2. The van der Waals surface area contributed by atoms with Gasteiger partial charge in [-0.2, -0.15) is 0 Å². The molecule has 0 aromatic heterocycles. The number of ether oxygens (including phenoxy) is 1. The molecule has 4 rings (SSSR count). The summed E-state index contributed by atoms with van der Waals surface area (Å²) in [6.45, 7) is 4.30. The lowest BCUT2D eigenvalue weighted by Gasteiger charge is -2.19. The quantitative estimate of drug-likeness (QED) is 0.870. The highest BCUT2D eigenvalue weighted by molar-refractivity contribution is 5.95. The van der Waals surface area contributed by atoms with Crippen LogP contribution in [0.15, 0.2) is 18.2 Å². The van der Waals surface area contributed by atoms with Gasteiger partial charge in [-0.3, -0.25) is 14.5 Å². The molecule has 1 aliphatic carbocycles. The van der Waals surface area contributed by atoms with Crippen LogP contribution in [0.2, 0.25) is 0 Å². The summed E-state index contributed by atoms with van der Waals surface area (Å²) in [7, 11) is 0. The Labute approximate surface area is 141 Å². The number of carbonyl (C=O) groups is 2. The molecule has 1 saturated heterocycles. The summed E-state index contributed by atoms with van der Waals surface area (Å²) in [5.74, 6) is 1.02. The lowest BCUT2D eigenvalue weighted by Crippen LogP contribution is -2.40. The zero-order valence-electron chi connectivity index (χ0n) is 13.9.